The third-order valence-corrected chi connectivity index (χ3v) is 5.96. The second kappa shape index (κ2) is 8.20. The molecule has 1 atom stereocenters. The molecule has 31 heavy (non-hydrogen) atoms. The molecule has 1 aliphatic heterocycles. The van der Waals surface area contributed by atoms with Crippen molar-refractivity contribution in [3.05, 3.63) is 77.6 Å². The molecule has 1 aliphatic rings. The second-order valence-electron chi connectivity index (χ2n) is 6.42. The van der Waals surface area contributed by atoms with Gasteiger partial charge in [-0.05, 0) is 48.0 Å². The van der Waals surface area contributed by atoms with Crippen LogP contribution in [0.15, 0.2) is 81.9 Å². The number of rotatable bonds is 5. The lowest BCUT2D eigenvalue weighted by Crippen LogP contribution is -2.44. The Bertz CT molecular complexity index is 1250. The smallest absolute Gasteiger partial charge is 0.264 e. The van der Waals surface area contributed by atoms with Crippen molar-refractivity contribution in [1.82, 2.24) is 9.97 Å². The van der Waals surface area contributed by atoms with E-state index >= 15 is 0 Å². The number of halogens is 1. The van der Waals surface area contributed by atoms with E-state index in [9.17, 15) is 8.42 Å². The second-order valence-corrected chi connectivity index (χ2v) is 8.54. The minimum Gasteiger partial charge on any atom is -0.369 e. The number of nitrogens with one attached hydrogen (secondary N) is 1. The van der Waals surface area contributed by atoms with E-state index in [-0.39, 0.29) is 22.8 Å². The van der Waals surface area contributed by atoms with Crippen LogP contribution >= 0.6 is 11.6 Å². The maximum absolute atomic E-state index is 12.6. The van der Waals surface area contributed by atoms with Crippen molar-refractivity contribution in [2.24, 2.45) is 21.5 Å². The molecule has 0 amide bonds. The molecule has 0 aliphatic carbocycles. The minimum absolute atomic E-state index is 0.0217. The van der Waals surface area contributed by atoms with Gasteiger partial charge in [0.15, 0.2) is 6.17 Å². The summed E-state index contributed by atoms with van der Waals surface area (Å²) in [5, 5.41) is 0.578. The zero-order chi connectivity index (χ0) is 22.0. The Morgan fingerprint density at radius 2 is 1.61 bits per heavy atom. The lowest BCUT2D eigenvalue weighted by Gasteiger charge is -2.32. The van der Waals surface area contributed by atoms with E-state index in [1.165, 1.54) is 24.5 Å². The molecule has 5 N–H and O–H groups in total. The van der Waals surface area contributed by atoms with Gasteiger partial charge in [-0.2, -0.15) is 4.99 Å². The maximum Gasteiger partial charge on any atom is 0.264 e. The predicted octanol–water partition coefficient (Wildman–Crippen LogP) is 2.08. The van der Waals surface area contributed by atoms with Crippen molar-refractivity contribution in [2.75, 3.05) is 9.62 Å². The number of aromatic nitrogens is 2. The molecular formula is C19H17ClN8O2S. The van der Waals surface area contributed by atoms with E-state index in [4.69, 9.17) is 23.1 Å². The number of sulfonamides is 1. The third-order valence-electron chi connectivity index (χ3n) is 4.36. The number of aliphatic imine (C=N–C) groups is 2. The molecule has 0 fully saturated rings. The summed E-state index contributed by atoms with van der Waals surface area (Å²) in [5.41, 5.74) is 13.3. The molecule has 1 aromatic heterocycles. The average Bonchev–Trinajstić information content (AvgIpc) is 2.74. The van der Waals surface area contributed by atoms with Gasteiger partial charge in [-0.3, -0.25) is 4.90 Å². The monoisotopic (exact) mass is 456 g/mol. The highest BCUT2D eigenvalue weighted by molar-refractivity contribution is 7.92. The number of hydrogen-bond acceptors (Lipinski definition) is 9. The Labute approximate surface area is 183 Å². The molecular weight excluding hydrogens is 440 g/mol. The molecule has 10 nitrogen and oxygen atoms in total. The summed E-state index contributed by atoms with van der Waals surface area (Å²) in [6.07, 6.45) is 2.29. The van der Waals surface area contributed by atoms with E-state index in [0.29, 0.717) is 10.7 Å². The number of guanidine groups is 2. The maximum atomic E-state index is 12.6. The Hall–Kier alpha value is -3.70. The van der Waals surface area contributed by atoms with Gasteiger partial charge in [-0.15, -0.1) is 0 Å². The first-order valence-electron chi connectivity index (χ1n) is 8.95. The molecule has 4 rings (SSSR count). The van der Waals surface area contributed by atoms with E-state index in [1.807, 2.05) is 0 Å². The highest BCUT2D eigenvalue weighted by Crippen LogP contribution is 2.31. The lowest BCUT2D eigenvalue weighted by atomic mass is 10.1. The highest BCUT2D eigenvalue weighted by atomic mass is 35.5. The number of benzene rings is 2. The van der Waals surface area contributed by atoms with Gasteiger partial charge in [-0.1, -0.05) is 23.7 Å². The zero-order valence-electron chi connectivity index (χ0n) is 15.9. The van der Waals surface area contributed by atoms with Crippen molar-refractivity contribution in [3.63, 3.8) is 0 Å². The molecule has 0 spiro atoms. The standard InChI is InChI=1S/C19H17ClN8O2S/c20-13-4-2-12(3-5-13)16-25-17(21)26-18(22)28(16)14-6-8-15(9-7-14)31(29,30)27-19-23-10-1-11-24-19/h1-11,16H,(H,23,24,27)(H4,21,22,25,26)/t16-/m0/s1. The molecule has 0 saturated heterocycles. The van der Waals surface area contributed by atoms with E-state index in [1.54, 1.807) is 47.4 Å². The number of anilines is 2. The van der Waals surface area contributed by atoms with Gasteiger partial charge in [0.05, 0.1) is 4.90 Å². The molecule has 2 aromatic carbocycles. The molecule has 0 saturated carbocycles. The van der Waals surface area contributed by atoms with Crippen molar-refractivity contribution >= 4 is 45.2 Å². The topological polar surface area (TPSA) is 152 Å². The van der Waals surface area contributed by atoms with Crippen LogP contribution in [0.1, 0.15) is 11.7 Å². The van der Waals surface area contributed by atoms with Crippen LogP contribution in [-0.2, 0) is 10.0 Å². The fourth-order valence-corrected chi connectivity index (χ4v) is 4.04. The van der Waals surface area contributed by atoms with Crippen molar-refractivity contribution in [1.29, 1.82) is 0 Å². The molecule has 0 unspecified atom stereocenters. The molecule has 2 heterocycles. The van der Waals surface area contributed by atoms with Crippen LogP contribution in [0.3, 0.4) is 0 Å². The quantitative estimate of drug-likeness (QED) is 0.531. The van der Waals surface area contributed by atoms with Crippen LogP contribution in [0.4, 0.5) is 11.6 Å². The summed E-state index contributed by atoms with van der Waals surface area (Å²) in [4.78, 5) is 17.8. The van der Waals surface area contributed by atoms with Crippen molar-refractivity contribution < 1.29 is 8.42 Å². The summed E-state index contributed by atoms with van der Waals surface area (Å²) >= 11 is 5.99. The third kappa shape index (κ3) is 4.42. The number of hydrogen-bond donors (Lipinski definition) is 3. The minimum atomic E-state index is -3.87. The fraction of sp³-hybridized carbons (Fsp3) is 0.0526. The van der Waals surface area contributed by atoms with Gasteiger partial charge >= 0.3 is 0 Å². The Balaban J connectivity index is 1.65. The van der Waals surface area contributed by atoms with E-state index in [0.717, 1.165) is 5.56 Å². The van der Waals surface area contributed by atoms with Crippen LogP contribution in [0, 0.1) is 0 Å². The van der Waals surface area contributed by atoms with Gasteiger partial charge in [0.1, 0.15) is 0 Å². The van der Waals surface area contributed by atoms with Crippen molar-refractivity contribution in [3.8, 4) is 0 Å². The van der Waals surface area contributed by atoms with Gasteiger partial charge < -0.3 is 11.5 Å². The SMILES string of the molecule is NC1=N[C@H](c2ccc(Cl)cc2)N(c2ccc(S(=O)(=O)Nc3ncccn3)cc2)C(N)=N1. The summed E-state index contributed by atoms with van der Waals surface area (Å²) < 4.78 is 27.5. The molecule has 3 aromatic rings. The van der Waals surface area contributed by atoms with Crippen LogP contribution in [0.5, 0.6) is 0 Å². The van der Waals surface area contributed by atoms with Crippen LogP contribution in [0.2, 0.25) is 5.02 Å². The Morgan fingerprint density at radius 1 is 0.968 bits per heavy atom. The Morgan fingerprint density at radius 3 is 2.26 bits per heavy atom. The first-order chi connectivity index (χ1) is 14.8. The summed E-state index contributed by atoms with van der Waals surface area (Å²) in [6, 6.07) is 14.7. The van der Waals surface area contributed by atoms with E-state index in [2.05, 4.69) is 24.7 Å². The lowest BCUT2D eigenvalue weighted by molar-refractivity contribution is 0.601. The van der Waals surface area contributed by atoms with Crippen LogP contribution < -0.4 is 21.1 Å². The number of nitrogens with two attached hydrogens (primary N) is 2. The highest BCUT2D eigenvalue weighted by Gasteiger charge is 2.28. The number of nitrogens with zero attached hydrogens (tertiary/aromatic N) is 5. The van der Waals surface area contributed by atoms with Crippen molar-refractivity contribution in [2.45, 2.75) is 11.1 Å². The first-order valence-corrected chi connectivity index (χ1v) is 10.8. The van der Waals surface area contributed by atoms with Crippen LogP contribution in [0.25, 0.3) is 0 Å². The molecule has 0 bridgehead atoms. The molecule has 12 heteroatoms. The largest absolute Gasteiger partial charge is 0.369 e. The fourth-order valence-electron chi connectivity index (χ4n) is 2.96. The van der Waals surface area contributed by atoms with Gasteiger partial charge in [0.25, 0.3) is 10.0 Å². The zero-order valence-corrected chi connectivity index (χ0v) is 17.5. The van der Waals surface area contributed by atoms with E-state index < -0.39 is 16.2 Å². The predicted molar refractivity (Wildman–Crippen MR) is 119 cm³/mol. The Kier molecular flexibility index (Phi) is 5.44. The molecule has 0 radical (unpaired) electrons. The summed E-state index contributed by atoms with van der Waals surface area (Å²) in [6.45, 7) is 0. The van der Waals surface area contributed by atoms with Crippen LogP contribution in [-0.4, -0.2) is 30.3 Å². The first kappa shape index (κ1) is 20.6. The average molecular weight is 457 g/mol. The van der Waals surface area contributed by atoms with Gasteiger partial charge in [0, 0.05) is 23.1 Å². The summed E-state index contributed by atoms with van der Waals surface area (Å²) in [7, 11) is -3.87. The van der Waals surface area contributed by atoms with Gasteiger partial charge in [-0.25, -0.2) is 28.1 Å². The summed E-state index contributed by atoms with van der Waals surface area (Å²) in [5.74, 6) is 0.144. The van der Waals surface area contributed by atoms with Gasteiger partial charge in [0.2, 0.25) is 17.9 Å². The normalized spacial score (nSPS) is 16.4. The molecule has 158 valence electrons.